The fourth-order valence-corrected chi connectivity index (χ4v) is 3.24. The molecule has 0 radical (unpaired) electrons. The number of aromatic nitrogens is 3. The molecule has 1 saturated heterocycles. The average Bonchev–Trinajstić information content (AvgIpc) is 3.00. The van der Waals surface area contributed by atoms with Crippen molar-refractivity contribution in [3.8, 4) is 0 Å². The molecule has 0 bridgehead atoms. The zero-order valence-corrected chi connectivity index (χ0v) is 13.3. The summed E-state index contributed by atoms with van der Waals surface area (Å²) in [6, 6.07) is 9.40. The lowest BCUT2D eigenvalue weighted by Gasteiger charge is -2.40. The minimum absolute atomic E-state index is 0.306. The fourth-order valence-electron chi connectivity index (χ4n) is 3.24. The van der Waals surface area contributed by atoms with Crippen LogP contribution in [-0.4, -0.2) is 40.9 Å². The van der Waals surface area contributed by atoms with Crippen molar-refractivity contribution in [1.29, 1.82) is 0 Å². The van der Waals surface area contributed by atoms with E-state index in [1.165, 1.54) is 16.5 Å². The van der Waals surface area contributed by atoms with Crippen LogP contribution < -0.4 is 9.80 Å². The molecule has 0 N–H and O–H groups in total. The van der Waals surface area contributed by atoms with Gasteiger partial charge in [0.2, 0.25) is 5.89 Å². The maximum Gasteiger partial charge on any atom is 0.318 e. The van der Waals surface area contributed by atoms with Gasteiger partial charge in [-0.3, -0.25) is 4.98 Å². The van der Waals surface area contributed by atoms with E-state index in [-0.39, 0.29) is 0 Å². The van der Waals surface area contributed by atoms with Gasteiger partial charge in [-0.1, -0.05) is 17.2 Å². The number of benzene rings is 1. The van der Waals surface area contributed by atoms with Gasteiger partial charge in [0, 0.05) is 61.5 Å². The average molecular weight is 309 g/mol. The van der Waals surface area contributed by atoms with Crippen LogP contribution in [0.4, 0.5) is 11.7 Å². The second-order valence-corrected chi connectivity index (χ2v) is 5.97. The zero-order valence-electron chi connectivity index (χ0n) is 13.3. The minimum Gasteiger partial charge on any atom is -0.408 e. The molecule has 0 amide bonds. The number of hydrogen-bond acceptors (Lipinski definition) is 6. The summed E-state index contributed by atoms with van der Waals surface area (Å²) in [6.07, 6.45) is 3.77. The van der Waals surface area contributed by atoms with Gasteiger partial charge < -0.3 is 14.2 Å². The van der Waals surface area contributed by atoms with Crippen molar-refractivity contribution >= 4 is 22.5 Å². The number of fused-ring (bicyclic) bond motifs is 1. The van der Waals surface area contributed by atoms with Gasteiger partial charge in [0.25, 0.3) is 0 Å². The number of rotatable bonds is 2. The van der Waals surface area contributed by atoms with E-state index in [2.05, 4.69) is 56.2 Å². The van der Waals surface area contributed by atoms with Crippen LogP contribution in [-0.2, 0) is 0 Å². The monoisotopic (exact) mass is 309 g/mol. The Hall–Kier alpha value is -2.63. The first-order valence-electron chi connectivity index (χ1n) is 7.87. The normalized spacial score (nSPS) is 18.6. The summed E-state index contributed by atoms with van der Waals surface area (Å²) in [5.74, 6) is 0.608. The van der Waals surface area contributed by atoms with Crippen LogP contribution in [0, 0.1) is 6.92 Å². The van der Waals surface area contributed by atoms with Crippen LogP contribution in [0.1, 0.15) is 12.8 Å². The highest BCUT2D eigenvalue weighted by molar-refractivity contribution is 5.93. The van der Waals surface area contributed by atoms with Crippen LogP contribution in [0.15, 0.2) is 41.1 Å². The lowest BCUT2D eigenvalue weighted by Crippen LogP contribution is -2.52. The van der Waals surface area contributed by atoms with Crippen molar-refractivity contribution < 1.29 is 4.42 Å². The topological polar surface area (TPSA) is 58.3 Å². The predicted octanol–water partition coefficient (Wildman–Crippen LogP) is 2.64. The number of pyridine rings is 1. The second kappa shape index (κ2) is 5.53. The third-order valence-electron chi connectivity index (χ3n) is 4.39. The Kier molecular flexibility index (Phi) is 3.37. The van der Waals surface area contributed by atoms with E-state index in [0.29, 0.717) is 17.9 Å². The molecule has 1 aliphatic heterocycles. The fraction of sp³-hybridized carbons (Fsp3) is 0.353. The number of aryl methyl sites for hydroxylation is 1. The highest BCUT2D eigenvalue weighted by Crippen LogP contribution is 2.29. The van der Waals surface area contributed by atoms with Crippen molar-refractivity contribution in [3.63, 3.8) is 0 Å². The van der Waals surface area contributed by atoms with E-state index in [1.807, 2.05) is 19.3 Å². The summed E-state index contributed by atoms with van der Waals surface area (Å²) in [4.78, 5) is 8.82. The van der Waals surface area contributed by atoms with E-state index in [4.69, 9.17) is 4.42 Å². The predicted molar refractivity (Wildman–Crippen MR) is 89.8 cm³/mol. The molecule has 6 nitrogen and oxygen atoms in total. The van der Waals surface area contributed by atoms with Gasteiger partial charge in [0.15, 0.2) is 0 Å². The molecule has 4 rings (SSSR count). The zero-order chi connectivity index (χ0) is 15.8. The second-order valence-electron chi connectivity index (χ2n) is 5.97. The number of nitrogens with zero attached hydrogens (tertiary/aromatic N) is 5. The van der Waals surface area contributed by atoms with E-state index >= 15 is 0 Å². The summed E-state index contributed by atoms with van der Waals surface area (Å²) in [6.45, 7) is 6.72. The van der Waals surface area contributed by atoms with Gasteiger partial charge in [-0.25, -0.2) is 0 Å². The Morgan fingerprint density at radius 2 is 2.09 bits per heavy atom. The van der Waals surface area contributed by atoms with E-state index in [0.717, 1.165) is 19.6 Å². The van der Waals surface area contributed by atoms with Gasteiger partial charge in [-0.05, 0) is 19.1 Å². The van der Waals surface area contributed by atoms with Crippen molar-refractivity contribution in [2.24, 2.45) is 0 Å². The standard InChI is InChI=1S/C17H19N5O/c1-12-11-21(8-9-22(12)17-20-19-13(2)23-17)16-5-3-4-14-10-18-7-6-15(14)16/h3-7,10,12H,8-9,11H2,1-2H3. The third-order valence-corrected chi connectivity index (χ3v) is 4.39. The summed E-state index contributed by atoms with van der Waals surface area (Å²) in [5.41, 5.74) is 1.26. The molecule has 1 aliphatic rings. The van der Waals surface area contributed by atoms with Crippen molar-refractivity contribution in [2.45, 2.75) is 19.9 Å². The molecule has 3 aromatic rings. The Morgan fingerprint density at radius 3 is 2.87 bits per heavy atom. The Labute approximate surface area is 134 Å². The van der Waals surface area contributed by atoms with E-state index in [1.54, 1.807) is 0 Å². The smallest absolute Gasteiger partial charge is 0.318 e. The molecule has 1 fully saturated rings. The molecule has 118 valence electrons. The van der Waals surface area contributed by atoms with Crippen LogP contribution in [0.2, 0.25) is 0 Å². The Morgan fingerprint density at radius 1 is 1.17 bits per heavy atom. The quantitative estimate of drug-likeness (QED) is 0.725. The number of anilines is 2. The molecule has 1 unspecified atom stereocenters. The molecule has 0 aliphatic carbocycles. The van der Waals surface area contributed by atoms with Crippen LogP contribution in [0.5, 0.6) is 0 Å². The minimum atomic E-state index is 0.306. The van der Waals surface area contributed by atoms with Gasteiger partial charge in [0.05, 0.1) is 0 Å². The summed E-state index contributed by atoms with van der Waals surface area (Å²) >= 11 is 0. The Balaban J connectivity index is 1.60. The molecule has 3 heterocycles. The largest absolute Gasteiger partial charge is 0.408 e. The molecule has 1 aromatic carbocycles. The van der Waals surface area contributed by atoms with Crippen molar-refractivity contribution in [3.05, 3.63) is 42.5 Å². The first kappa shape index (κ1) is 14.0. The maximum atomic E-state index is 5.58. The molecule has 0 spiro atoms. The van der Waals surface area contributed by atoms with Crippen molar-refractivity contribution in [2.75, 3.05) is 29.4 Å². The molecule has 2 aromatic heterocycles. The van der Waals surface area contributed by atoms with Crippen molar-refractivity contribution in [1.82, 2.24) is 15.2 Å². The van der Waals surface area contributed by atoms with Crippen LogP contribution >= 0.6 is 0 Å². The number of piperazine rings is 1. The molecule has 23 heavy (non-hydrogen) atoms. The maximum absolute atomic E-state index is 5.58. The lowest BCUT2D eigenvalue weighted by atomic mass is 10.1. The lowest BCUT2D eigenvalue weighted by molar-refractivity contribution is 0.459. The highest BCUT2D eigenvalue weighted by Gasteiger charge is 2.27. The molecule has 1 atom stereocenters. The molecule has 0 saturated carbocycles. The molecule has 6 heteroatoms. The first-order chi connectivity index (χ1) is 11.2. The van der Waals surface area contributed by atoms with Gasteiger partial charge in [-0.2, -0.15) is 0 Å². The molecular formula is C17H19N5O. The van der Waals surface area contributed by atoms with Gasteiger partial charge in [-0.15, -0.1) is 5.10 Å². The van der Waals surface area contributed by atoms with Crippen LogP contribution in [0.3, 0.4) is 0 Å². The van der Waals surface area contributed by atoms with E-state index < -0.39 is 0 Å². The van der Waals surface area contributed by atoms with Crippen LogP contribution in [0.25, 0.3) is 10.8 Å². The SMILES string of the molecule is Cc1nnc(N2CCN(c3cccc4cnccc34)CC2C)o1. The first-order valence-corrected chi connectivity index (χ1v) is 7.87. The van der Waals surface area contributed by atoms with E-state index in [9.17, 15) is 0 Å². The summed E-state index contributed by atoms with van der Waals surface area (Å²) < 4.78 is 5.58. The Bertz CT molecular complexity index is 825. The summed E-state index contributed by atoms with van der Waals surface area (Å²) in [5, 5.41) is 10.5. The number of hydrogen-bond donors (Lipinski definition) is 0. The van der Waals surface area contributed by atoms with Gasteiger partial charge in [0.1, 0.15) is 0 Å². The highest BCUT2D eigenvalue weighted by atomic mass is 16.4. The molecular weight excluding hydrogens is 290 g/mol. The van der Waals surface area contributed by atoms with Gasteiger partial charge >= 0.3 is 6.01 Å². The third kappa shape index (κ3) is 2.50. The summed E-state index contributed by atoms with van der Waals surface area (Å²) in [7, 11) is 0.